The summed E-state index contributed by atoms with van der Waals surface area (Å²) in [7, 11) is 0. The van der Waals surface area contributed by atoms with Crippen LogP contribution < -0.4 is 0 Å². The zero-order valence-corrected chi connectivity index (χ0v) is 11.6. The lowest BCUT2D eigenvalue weighted by Gasteiger charge is -2.11. The minimum Gasteiger partial charge on any atom is -0.0619 e. The van der Waals surface area contributed by atoms with E-state index in [0.717, 1.165) is 6.42 Å². The Bertz CT molecular complexity index is 797. The summed E-state index contributed by atoms with van der Waals surface area (Å²) in [6.45, 7) is 2.17. The van der Waals surface area contributed by atoms with Gasteiger partial charge in [0.2, 0.25) is 0 Å². The molecule has 0 radical (unpaired) electrons. The molecule has 0 aromatic heterocycles. The first-order valence-corrected chi connectivity index (χ1v) is 7.10. The molecular weight excluding hydrogens is 240 g/mol. The minimum absolute atomic E-state index is 1.01. The van der Waals surface area contributed by atoms with Gasteiger partial charge in [-0.1, -0.05) is 72.3 Å². The summed E-state index contributed by atoms with van der Waals surface area (Å²) >= 11 is 0. The summed E-state index contributed by atoms with van der Waals surface area (Å²) in [5.41, 5.74) is 9.63. The second-order valence-electron chi connectivity index (χ2n) is 5.54. The van der Waals surface area contributed by atoms with E-state index in [9.17, 15) is 0 Å². The molecule has 0 aliphatic heterocycles. The molecule has 0 N–H and O–H groups in total. The fourth-order valence-electron chi connectivity index (χ4n) is 3.20. The Morgan fingerprint density at radius 3 is 1.90 bits per heavy atom. The van der Waals surface area contributed by atoms with Crippen molar-refractivity contribution in [3.63, 3.8) is 0 Å². The molecule has 1 aliphatic rings. The summed E-state index contributed by atoms with van der Waals surface area (Å²) in [5, 5.41) is 0. The Morgan fingerprint density at radius 1 is 0.600 bits per heavy atom. The second-order valence-corrected chi connectivity index (χ2v) is 5.54. The Hall–Kier alpha value is -2.34. The van der Waals surface area contributed by atoms with E-state index in [1.807, 2.05) is 0 Å². The van der Waals surface area contributed by atoms with Gasteiger partial charge in [0.05, 0.1) is 0 Å². The van der Waals surface area contributed by atoms with Crippen molar-refractivity contribution in [1.82, 2.24) is 0 Å². The zero-order valence-electron chi connectivity index (χ0n) is 11.6. The van der Waals surface area contributed by atoms with Gasteiger partial charge in [-0.05, 0) is 46.7 Å². The van der Waals surface area contributed by atoms with Gasteiger partial charge in [-0.15, -0.1) is 0 Å². The van der Waals surface area contributed by atoms with Gasteiger partial charge in [0.25, 0.3) is 0 Å². The molecule has 0 spiro atoms. The molecule has 0 nitrogen and oxygen atoms in total. The maximum Gasteiger partial charge on any atom is -0.00135 e. The van der Waals surface area contributed by atoms with Crippen molar-refractivity contribution < 1.29 is 0 Å². The highest BCUT2D eigenvalue weighted by molar-refractivity contribution is 5.88. The number of hydrogen-bond donors (Lipinski definition) is 0. The van der Waals surface area contributed by atoms with Crippen LogP contribution in [-0.4, -0.2) is 0 Å². The largest absolute Gasteiger partial charge is 0.0619 e. The molecule has 0 fully saturated rings. The standard InChI is InChI=1S/C20H16/c1-14-10-11-19-17-8-4-2-6-15(17)13-16-7-3-5-9-18(16)20(19)12-14/h2-12H,13H2,1H3. The first-order valence-electron chi connectivity index (χ1n) is 7.10. The van der Waals surface area contributed by atoms with Crippen LogP contribution in [0.1, 0.15) is 16.7 Å². The average Bonchev–Trinajstić information content (AvgIpc) is 2.61. The molecule has 1 aliphatic carbocycles. The van der Waals surface area contributed by atoms with Crippen molar-refractivity contribution in [1.29, 1.82) is 0 Å². The van der Waals surface area contributed by atoms with E-state index in [2.05, 4.69) is 73.7 Å². The molecule has 96 valence electrons. The van der Waals surface area contributed by atoms with Gasteiger partial charge in [-0.2, -0.15) is 0 Å². The van der Waals surface area contributed by atoms with E-state index in [0.29, 0.717) is 0 Å². The highest BCUT2D eigenvalue weighted by Crippen LogP contribution is 2.40. The Labute approximate surface area is 119 Å². The summed E-state index contributed by atoms with van der Waals surface area (Å²) < 4.78 is 0. The van der Waals surface area contributed by atoms with E-state index in [4.69, 9.17) is 0 Å². The summed E-state index contributed by atoms with van der Waals surface area (Å²) in [4.78, 5) is 0. The Kier molecular flexibility index (Phi) is 2.50. The van der Waals surface area contributed by atoms with E-state index in [1.165, 1.54) is 38.9 Å². The fraction of sp³-hybridized carbons (Fsp3) is 0.100. The molecule has 0 heterocycles. The second kappa shape index (κ2) is 4.35. The fourth-order valence-corrected chi connectivity index (χ4v) is 3.20. The highest BCUT2D eigenvalue weighted by Gasteiger charge is 2.18. The van der Waals surface area contributed by atoms with E-state index in [1.54, 1.807) is 0 Å². The van der Waals surface area contributed by atoms with Gasteiger partial charge in [-0.25, -0.2) is 0 Å². The van der Waals surface area contributed by atoms with Crippen LogP contribution in [0.5, 0.6) is 0 Å². The third-order valence-electron chi connectivity index (χ3n) is 4.17. The number of fused-ring (bicyclic) bond motifs is 5. The molecule has 20 heavy (non-hydrogen) atoms. The summed E-state index contributed by atoms with van der Waals surface area (Å²) in [6.07, 6.45) is 1.01. The first-order chi connectivity index (χ1) is 9.83. The van der Waals surface area contributed by atoms with Gasteiger partial charge >= 0.3 is 0 Å². The lowest BCUT2D eigenvalue weighted by atomic mass is 9.93. The van der Waals surface area contributed by atoms with Crippen molar-refractivity contribution >= 4 is 0 Å². The molecule has 0 amide bonds. The quantitative estimate of drug-likeness (QED) is 0.404. The van der Waals surface area contributed by atoms with E-state index < -0.39 is 0 Å². The number of hydrogen-bond acceptors (Lipinski definition) is 0. The van der Waals surface area contributed by atoms with Crippen LogP contribution in [0.4, 0.5) is 0 Å². The molecule has 0 unspecified atom stereocenters. The molecule has 4 rings (SSSR count). The van der Waals surface area contributed by atoms with Gasteiger partial charge in [0, 0.05) is 0 Å². The van der Waals surface area contributed by atoms with Gasteiger partial charge in [0.1, 0.15) is 0 Å². The van der Waals surface area contributed by atoms with Crippen LogP contribution in [0.15, 0.2) is 66.7 Å². The van der Waals surface area contributed by atoms with E-state index >= 15 is 0 Å². The third-order valence-corrected chi connectivity index (χ3v) is 4.17. The number of rotatable bonds is 0. The molecule has 3 aromatic rings. The molecule has 0 saturated carbocycles. The van der Waals surface area contributed by atoms with Crippen LogP contribution in [0.3, 0.4) is 0 Å². The van der Waals surface area contributed by atoms with Gasteiger partial charge < -0.3 is 0 Å². The average molecular weight is 256 g/mol. The molecule has 3 aromatic carbocycles. The van der Waals surface area contributed by atoms with Crippen LogP contribution in [-0.2, 0) is 6.42 Å². The van der Waals surface area contributed by atoms with Crippen LogP contribution >= 0.6 is 0 Å². The lowest BCUT2D eigenvalue weighted by Crippen LogP contribution is -1.89. The predicted octanol–water partition coefficient (Wildman–Crippen LogP) is 5.23. The molecule has 0 atom stereocenters. The highest BCUT2D eigenvalue weighted by atomic mass is 14.2. The minimum atomic E-state index is 1.01. The van der Waals surface area contributed by atoms with Crippen molar-refractivity contribution in [3.8, 4) is 22.3 Å². The third kappa shape index (κ3) is 1.69. The van der Waals surface area contributed by atoms with Crippen molar-refractivity contribution in [2.24, 2.45) is 0 Å². The Balaban J connectivity index is 2.13. The molecule has 0 saturated heterocycles. The summed E-state index contributed by atoms with van der Waals surface area (Å²) in [6, 6.07) is 24.4. The number of aryl methyl sites for hydroxylation is 1. The monoisotopic (exact) mass is 256 g/mol. The normalized spacial score (nSPS) is 12.1. The Morgan fingerprint density at radius 2 is 1.20 bits per heavy atom. The first kappa shape index (κ1) is 11.5. The van der Waals surface area contributed by atoms with Gasteiger partial charge in [-0.3, -0.25) is 0 Å². The van der Waals surface area contributed by atoms with E-state index in [-0.39, 0.29) is 0 Å². The maximum atomic E-state index is 2.32. The number of benzene rings is 3. The molecule has 0 bridgehead atoms. The van der Waals surface area contributed by atoms with Crippen LogP contribution in [0.2, 0.25) is 0 Å². The zero-order chi connectivity index (χ0) is 13.5. The van der Waals surface area contributed by atoms with Gasteiger partial charge in [0.15, 0.2) is 0 Å². The van der Waals surface area contributed by atoms with Crippen LogP contribution in [0, 0.1) is 6.92 Å². The summed E-state index contributed by atoms with van der Waals surface area (Å²) in [5.74, 6) is 0. The van der Waals surface area contributed by atoms with Crippen molar-refractivity contribution in [3.05, 3.63) is 83.4 Å². The lowest BCUT2D eigenvalue weighted by molar-refractivity contribution is 1.21. The predicted molar refractivity (Wildman–Crippen MR) is 84.9 cm³/mol. The SMILES string of the molecule is Cc1ccc2c(c1)-c1ccccc1Cc1ccccc1-2. The molecular formula is C20H16. The van der Waals surface area contributed by atoms with Crippen LogP contribution in [0.25, 0.3) is 22.3 Å². The smallest absolute Gasteiger partial charge is 0.00135 e. The molecule has 0 heteroatoms. The van der Waals surface area contributed by atoms with Crippen molar-refractivity contribution in [2.75, 3.05) is 0 Å². The van der Waals surface area contributed by atoms with Crippen molar-refractivity contribution in [2.45, 2.75) is 13.3 Å². The maximum absolute atomic E-state index is 2.32. The topological polar surface area (TPSA) is 0 Å².